The van der Waals surface area contributed by atoms with E-state index in [1.54, 1.807) is 6.07 Å². The Balaban J connectivity index is 2.00. The van der Waals surface area contributed by atoms with Crippen LogP contribution in [-0.2, 0) is 0 Å². The van der Waals surface area contributed by atoms with E-state index in [0.717, 1.165) is 31.0 Å². The second-order valence-corrected chi connectivity index (χ2v) is 4.44. The summed E-state index contributed by atoms with van der Waals surface area (Å²) in [6.07, 6.45) is 0. The largest absolute Gasteiger partial charge is 0.341 e. The summed E-state index contributed by atoms with van der Waals surface area (Å²) in [5.41, 5.74) is 1.33. The normalized spacial score (nSPS) is 20.9. The molecule has 1 saturated heterocycles. The zero-order valence-electron chi connectivity index (χ0n) is 9.00. The Hall–Kier alpha value is -1.17. The third kappa shape index (κ3) is 2.01. The van der Waals surface area contributed by atoms with Crippen molar-refractivity contribution in [1.29, 1.82) is 0 Å². The van der Waals surface area contributed by atoms with Crippen molar-refractivity contribution < 1.29 is 4.39 Å². The highest BCUT2D eigenvalue weighted by molar-refractivity contribution is 6.31. The number of aromatic amines is 1. The van der Waals surface area contributed by atoms with Crippen LogP contribution in [0.25, 0.3) is 11.0 Å². The minimum absolute atomic E-state index is 0.0120. The predicted molar refractivity (Wildman–Crippen MR) is 63.7 cm³/mol. The van der Waals surface area contributed by atoms with Gasteiger partial charge in [0.2, 0.25) is 0 Å². The molecule has 2 aromatic rings. The Morgan fingerprint density at radius 1 is 1.41 bits per heavy atom. The van der Waals surface area contributed by atoms with Gasteiger partial charge in [0, 0.05) is 25.7 Å². The first-order valence-corrected chi connectivity index (χ1v) is 5.84. The van der Waals surface area contributed by atoms with E-state index in [4.69, 9.17) is 11.6 Å². The van der Waals surface area contributed by atoms with Gasteiger partial charge in [-0.25, -0.2) is 14.7 Å². The first-order chi connectivity index (χ1) is 8.24. The van der Waals surface area contributed by atoms with Gasteiger partial charge in [-0.1, -0.05) is 11.6 Å². The van der Waals surface area contributed by atoms with Gasteiger partial charge < -0.3 is 10.3 Å². The van der Waals surface area contributed by atoms with Gasteiger partial charge in [-0.3, -0.25) is 0 Å². The lowest BCUT2D eigenvalue weighted by Gasteiger charge is -2.20. The molecule has 1 aromatic carbocycles. The molecular formula is C11H11ClFN4. The second kappa shape index (κ2) is 4.25. The van der Waals surface area contributed by atoms with Crippen LogP contribution in [0.3, 0.4) is 0 Å². The zero-order chi connectivity index (χ0) is 11.8. The highest BCUT2D eigenvalue weighted by Gasteiger charge is 2.19. The van der Waals surface area contributed by atoms with E-state index in [2.05, 4.69) is 20.6 Å². The molecule has 1 aliphatic rings. The smallest absolute Gasteiger partial charge is 0.144 e. The molecule has 17 heavy (non-hydrogen) atoms. The monoisotopic (exact) mass is 253 g/mol. The van der Waals surface area contributed by atoms with Crippen LogP contribution in [0.5, 0.6) is 0 Å². The predicted octanol–water partition coefficient (Wildman–Crippen LogP) is 1.60. The highest BCUT2D eigenvalue weighted by Crippen LogP contribution is 2.23. The van der Waals surface area contributed by atoms with Crippen LogP contribution in [0.2, 0.25) is 5.02 Å². The Labute approximate surface area is 103 Å². The maximum Gasteiger partial charge on any atom is 0.144 e. The third-order valence-electron chi connectivity index (χ3n) is 2.83. The van der Waals surface area contributed by atoms with E-state index in [1.807, 2.05) is 0 Å². The van der Waals surface area contributed by atoms with E-state index < -0.39 is 5.82 Å². The molecule has 0 amide bonds. The maximum absolute atomic E-state index is 13.3. The fraction of sp³-hybridized carbons (Fsp3) is 0.364. The molecule has 1 fully saturated rings. The lowest BCUT2D eigenvalue weighted by atomic mass is 10.2. The number of nitrogens with zero attached hydrogens (tertiary/aromatic N) is 2. The van der Waals surface area contributed by atoms with Crippen LogP contribution in [-0.4, -0.2) is 29.6 Å². The van der Waals surface area contributed by atoms with Gasteiger partial charge in [0.05, 0.1) is 22.1 Å². The van der Waals surface area contributed by atoms with E-state index in [9.17, 15) is 4.39 Å². The van der Waals surface area contributed by atoms with Crippen molar-refractivity contribution in [2.75, 3.05) is 19.6 Å². The molecule has 1 atom stereocenters. The van der Waals surface area contributed by atoms with E-state index in [1.165, 1.54) is 6.07 Å². The minimum atomic E-state index is -0.448. The van der Waals surface area contributed by atoms with Crippen LogP contribution in [0.1, 0.15) is 11.9 Å². The highest BCUT2D eigenvalue weighted by atomic mass is 35.5. The van der Waals surface area contributed by atoms with Gasteiger partial charge >= 0.3 is 0 Å². The number of benzene rings is 1. The molecule has 2 heterocycles. The van der Waals surface area contributed by atoms with Gasteiger partial charge in [-0.05, 0) is 6.07 Å². The zero-order valence-corrected chi connectivity index (χ0v) is 9.76. The summed E-state index contributed by atoms with van der Waals surface area (Å²) in [6.45, 7) is 2.43. The molecule has 1 radical (unpaired) electrons. The number of hydrogen-bond donors (Lipinski definition) is 2. The summed E-state index contributed by atoms with van der Waals surface area (Å²) in [6, 6.07) is 2.91. The second-order valence-electron chi connectivity index (χ2n) is 4.03. The number of halogens is 2. The summed E-state index contributed by atoms with van der Waals surface area (Å²) >= 11 is 5.72. The van der Waals surface area contributed by atoms with Crippen molar-refractivity contribution in [2.24, 2.45) is 0 Å². The summed E-state index contributed by atoms with van der Waals surface area (Å²) in [5, 5.41) is 7.81. The summed E-state index contributed by atoms with van der Waals surface area (Å²) in [7, 11) is 0. The number of hydrogen-bond acceptors (Lipinski definition) is 2. The van der Waals surface area contributed by atoms with Gasteiger partial charge in [0.25, 0.3) is 0 Å². The lowest BCUT2D eigenvalue weighted by molar-refractivity contribution is 0.409. The summed E-state index contributed by atoms with van der Waals surface area (Å²) in [4.78, 5) is 7.49. The molecule has 0 spiro atoms. The molecule has 1 aromatic heterocycles. The van der Waals surface area contributed by atoms with Crippen LogP contribution in [0.4, 0.5) is 4.39 Å². The van der Waals surface area contributed by atoms with Crippen LogP contribution >= 0.6 is 11.6 Å². The number of fused-ring (bicyclic) bond motifs is 1. The molecule has 6 heteroatoms. The summed E-state index contributed by atoms with van der Waals surface area (Å²) < 4.78 is 13.3. The Bertz CT molecular complexity index is 509. The molecule has 4 nitrogen and oxygen atoms in total. The molecule has 2 N–H and O–H groups in total. The van der Waals surface area contributed by atoms with Crippen molar-refractivity contribution in [3.05, 3.63) is 28.8 Å². The molecule has 1 unspecified atom stereocenters. The fourth-order valence-corrected chi connectivity index (χ4v) is 2.13. The average Bonchev–Trinajstić information content (AvgIpc) is 2.74. The van der Waals surface area contributed by atoms with Gasteiger partial charge in [0.1, 0.15) is 11.6 Å². The van der Waals surface area contributed by atoms with Crippen molar-refractivity contribution in [3.63, 3.8) is 0 Å². The number of rotatable bonds is 1. The SMILES string of the molecule is Fc1cc2nc(C3CNCC[N]3)[nH]c2cc1Cl. The molecule has 89 valence electrons. The first kappa shape index (κ1) is 11.0. The number of piperazine rings is 1. The van der Waals surface area contributed by atoms with Crippen LogP contribution in [0, 0.1) is 5.82 Å². The quantitative estimate of drug-likeness (QED) is 0.811. The molecule has 0 bridgehead atoms. The molecule has 1 aliphatic heterocycles. The topological polar surface area (TPSA) is 54.8 Å². The maximum atomic E-state index is 13.3. The van der Waals surface area contributed by atoms with E-state index >= 15 is 0 Å². The minimum Gasteiger partial charge on any atom is -0.341 e. The van der Waals surface area contributed by atoms with Crippen LogP contribution < -0.4 is 10.6 Å². The van der Waals surface area contributed by atoms with Gasteiger partial charge in [-0.15, -0.1) is 0 Å². The number of H-pyrrole nitrogens is 1. The Morgan fingerprint density at radius 3 is 3.06 bits per heavy atom. The number of nitrogens with one attached hydrogen (secondary N) is 2. The van der Waals surface area contributed by atoms with Crippen molar-refractivity contribution in [1.82, 2.24) is 20.6 Å². The average molecular weight is 254 g/mol. The third-order valence-corrected chi connectivity index (χ3v) is 3.12. The van der Waals surface area contributed by atoms with Gasteiger partial charge in [-0.2, -0.15) is 0 Å². The standard InChI is InChI=1S/C11H11ClFN4/c12-6-3-8-9(4-7(6)13)17-11(16-8)10-5-14-1-2-15-10/h3-4,10,14H,1-2,5H2,(H,16,17). The van der Waals surface area contributed by atoms with Gasteiger partial charge in [0.15, 0.2) is 0 Å². The van der Waals surface area contributed by atoms with E-state index in [0.29, 0.717) is 5.52 Å². The lowest BCUT2D eigenvalue weighted by Crippen LogP contribution is -2.39. The fourth-order valence-electron chi connectivity index (χ4n) is 1.97. The van der Waals surface area contributed by atoms with Crippen molar-refractivity contribution in [2.45, 2.75) is 6.04 Å². The van der Waals surface area contributed by atoms with Crippen molar-refractivity contribution >= 4 is 22.6 Å². The molecule has 0 aliphatic carbocycles. The van der Waals surface area contributed by atoms with Crippen molar-refractivity contribution in [3.8, 4) is 0 Å². The molecular weight excluding hydrogens is 243 g/mol. The first-order valence-electron chi connectivity index (χ1n) is 5.46. The van der Waals surface area contributed by atoms with E-state index in [-0.39, 0.29) is 11.1 Å². The van der Waals surface area contributed by atoms with Crippen LogP contribution in [0.15, 0.2) is 12.1 Å². The summed E-state index contributed by atoms with van der Waals surface area (Å²) in [5.74, 6) is 0.310. The molecule has 3 rings (SSSR count). The Kier molecular flexibility index (Phi) is 2.74. The Morgan fingerprint density at radius 2 is 2.29 bits per heavy atom. The number of aromatic nitrogens is 2. The molecule has 0 saturated carbocycles. The number of imidazole rings is 1.